The Bertz CT molecular complexity index is 480. The first-order valence-corrected chi connectivity index (χ1v) is 6.41. The fraction of sp³-hybridized carbons (Fsp3) is 0.545. The second-order valence-corrected chi connectivity index (χ2v) is 4.74. The zero-order valence-electron chi connectivity index (χ0n) is 10.1. The molecule has 0 aliphatic heterocycles. The fourth-order valence-electron chi connectivity index (χ4n) is 1.83. The summed E-state index contributed by atoms with van der Waals surface area (Å²) in [6.07, 6.45) is 2.88. The number of anilines is 1. The van der Waals surface area contributed by atoms with Crippen molar-refractivity contribution < 1.29 is 9.84 Å². The molecule has 0 atom stereocenters. The van der Waals surface area contributed by atoms with E-state index in [1.165, 1.54) is 0 Å². The molecular weight excluding hydrogens is 238 g/mol. The lowest BCUT2D eigenvalue weighted by molar-refractivity contribution is 0.196. The maximum absolute atomic E-state index is 9.44. The maximum atomic E-state index is 9.44. The molecule has 1 N–H and O–H groups in total. The number of nitrogens with zero attached hydrogens (tertiary/aromatic N) is 3. The summed E-state index contributed by atoms with van der Waals surface area (Å²) >= 11 is 1.57. The van der Waals surface area contributed by atoms with E-state index in [0.29, 0.717) is 0 Å². The van der Waals surface area contributed by atoms with Crippen molar-refractivity contribution in [2.75, 3.05) is 32.2 Å². The van der Waals surface area contributed by atoms with E-state index < -0.39 is 0 Å². The van der Waals surface area contributed by atoms with E-state index in [0.717, 1.165) is 36.0 Å². The smallest absolute Gasteiger partial charge is 0.195 e. The highest BCUT2D eigenvalue weighted by molar-refractivity contribution is 7.15. The normalized spacial score (nSPS) is 11.2. The largest absolute Gasteiger partial charge is 0.390 e. The molecule has 2 heterocycles. The molecule has 0 saturated carbocycles. The third-order valence-electron chi connectivity index (χ3n) is 2.69. The first-order chi connectivity index (χ1) is 8.27. The van der Waals surface area contributed by atoms with Crippen LogP contribution >= 0.6 is 11.3 Å². The summed E-state index contributed by atoms with van der Waals surface area (Å²) in [6, 6.07) is 0. The van der Waals surface area contributed by atoms with Gasteiger partial charge in [-0.15, -0.1) is 11.3 Å². The highest BCUT2D eigenvalue weighted by Crippen LogP contribution is 2.23. The monoisotopic (exact) mass is 255 g/mol. The highest BCUT2D eigenvalue weighted by Gasteiger charge is 2.15. The summed E-state index contributed by atoms with van der Waals surface area (Å²) in [5.74, 6) is 0.857. The Morgan fingerprint density at radius 1 is 1.59 bits per heavy atom. The van der Waals surface area contributed by atoms with Crippen LogP contribution in [0.2, 0.25) is 0 Å². The number of rotatable bonds is 6. The average molecular weight is 255 g/mol. The number of methoxy groups -OCH3 is 1. The second-order valence-electron chi connectivity index (χ2n) is 3.86. The van der Waals surface area contributed by atoms with E-state index in [1.54, 1.807) is 18.4 Å². The van der Waals surface area contributed by atoms with Gasteiger partial charge in [-0.3, -0.25) is 4.40 Å². The van der Waals surface area contributed by atoms with Gasteiger partial charge in [-0.25, -0.2) is 4.98 Å². The number of ether oxygens (including phenoxy) is 1. The van der Waals surface area contributed by atoms with Gasteiger partial charge in [0.25, 0.3) is 0 Å². The van der Waals surface area contributed by atoms with Crippen LogP contribution in [0.5, 0.6) is 0 Å². The Balaban J connectivity index is 2.18. The van der Waals surface area contributed by atoms with Gasteiger partial charge in [0.05, 0.1) is 12.3 Å². The molecule has 0 aromatic carbocycles. The summed E-state index contributed by atoms with van der Waals surface area (Å²) in [5.41, 5.74) is 0.848. The van der Waals surface area contributed by atoms with Crippen LogP contribution in [0.1, 0.15) is 12.1 Å². The Labute approximate surface area is 104 Å². The Morgan fingerprint density at radius 2 is 2.41 bits per heavy atom. The Hall–Kier alpha value is -1.11. The zero-order valence-corrected chi connectivity index (χ0v) is 10.9. The summed E-state index contributed by atoms with van der Waals surface area (Å²) < 4.78 is 6.97. The van der Waals surface area contributed by atoms with Gasteiger partial charge in [-0.05, 0) is 6.42 Å². The lowest BCUT2D eigenvalue weighted by Gasteiger charge is -2.17. The van der Waals surface area contributed by atoms with Gasteiger partial charge >= 0.3 is 0 Å². The van der Waals surface area contributed by atoms with E-state index >= 15 is 0 Å². The van der Waals surface area contributed by atoms with Gasteiger partial charge in [0.15, 0.2) is 10.8 Å². The van der Waals surface area contributed by atoms with Crippen LogP contribution in [-0.2, 0) is 11.3 Å². The van der Waals surface area contributed by atoms with Crippen molar-refractivity contribution in [2.24, 2.45) is 0 Å². The summed E-state index contributed by atoms with van der Waals surface area (Å²) in [4.78, 5) is 7.51. The molecule has 0 bridgehead atoms. The topological polar surface area (TPSA) is 50.0 Å². The van der Waals surface area contributed by atoms with Crippen LogP contribution in [0.15, 0.2) is 11.6 Å². The number of aliphatic hydroxyl groups is 1. The van der Waals surface area contributed by atoms with Gasteiger partial charge in [-0.1, -0.05) is 0 Å². The van der Waals surface area contributed by atoms with E-state index in [1.807, 2.05) is 23.0 Å². The van der Waals surface area contributed by atoms with Gasteiger partial charge in [-0.2, -0.15) is 0 Å². The molecule has 0 aliphatic rings. The molecular formula is C11H17N3O2S. The van der Waals surface area contributed by atoms with Gasteiger partial charge < -0.3 is 14.7 Å². The highest BCUT2D eigenvalue weighted by atomic mass is 32.1. The van der Waals surface area contributed by atoms with E-state index in [4.69, 9.17) is 4.74 Å². The van der Waals surface area contributed by atoms with Crippen LogP contribution in [-0.4, -0.2) is 41.8 Å². The Kier molecular flexibility index (Phi) is 3.98. The molecule has 2 rings (SSSR count). The Morgan fingerprint density at radius 3 is 3.12 bits per heavy atom. The molecule has 2 aromatic rings. The van der Waals surface area contributed by atoms with Crippen LogP contribution in [0.3, 0.4) is 0 Å². The van der Waals surface area contributed by atoms with Gasteiger partial charge in [0.2, 0.25) is 0 Å². The van der Waals surface area contributed by atoms with Crippen molar-refractivity contribution in [2.45, 2.75) is 13.0 Å². The van der Waals surface area contributed by atoms with Crippen molar-refractivity contribution >= 4 is 22.1 Å². The minimum atomic E-state index is 0.00184. The van der Waals surface area contributed by atoms with E-state index in [2.05, 4.69) is 9.88 Å². The van der Waals surface area contributed by atoms with Crippen LogP contribution in [0.25, 0.3) is 4.96 Å². The zero-order chi connectivity index (χ0) is 12.3. The first kappa shape index (κ1) is 12.3. The molecule has 6 heteroatoms. The molecule has 0 unspecified atom stereocenters. The second kappa shape index (κ2) is 5.48. The predicted octanol–water partition coefficient (Wildman–Crippen LogP) is 1.36. The molecule has 17 heavy (non-hydrogen) atoms. The molecule has 0 saturated heterocycles. The fourth-order valence-corrected chi connectivity index (χ4v) is 2.55. The summed E-state index contributed by atoms with van der Waals surface area (Å²) in [7, 11) is 3.69. The number of fused-ring (bicyclic) bond motifs is 1. The lowest BCUT2D eigenvalue weighted by Crippen LogP contribution is -2.21. The third kappa shape index (κ3) is 2.43. The molecule has 2 aromatic heterocycles. The molecule has 0 fully saturated rings. The van der Waals surface area contributed by atoms with Crippen LogP contribution < -0.4 is 4.90 Å². The number of hydrogen-bond donors (Lipinski definition) is 1. The van der Waals surface area contributed by atoms with E-state index in [-0.39, 0.29) is 6.61 Å². The SMILES string of the molecule is COCCCN(C)c1nc2sccn2c1CO. The number of aliphatic hydroxyl groups excluding tert-OH is 1. The van der Waals surface area contributed by atoms with E-state index in [9.17, 15) is 5.11 Å². The first-order valence-electron chi connectivity index (χ1n) is 5.53. The summed E-state index contributed by atoms with van der Waals surface area (Å²) in [5, 5.41) is 11.4. The standard InChI is InChI=1S/C11H17N3O2S/c1-13(4-3-6-16-2)10-9(8-15)14-5-7-17-11(14)12-10/h5,7,15H,3-4,6,8H2,1-2H3. The number of hydrogen-bond acceptors (Lipinski definition) is 5. The predicted molar refractivity (Wildman–Crippen MR) is 68.8 cm³/mol. The minimum absolute atomic E-state index is 0.00184. The van der Waals surface area contributed by atoms with Crippen molar-refractivity contribution in [3.8, 4) is 0 Å². The molecule has 5 nitrogen and oxygen atoms in total. The van der Waals surface area contributed by atoms with Gasteiger partial charge in [0, 0.05) is 38.9 Å². The number of imidazole rings is 1. The van der Waals surface area contributed by atoms with Crippen LogP contribution in [0.4, 0.5) is 5.82 Å². The number of aromatic nitrogens is 2. The van der Waals surface area contributed by atoms with Crippen LogP contribution in [0, 0.1) is 0 Å². The summed E-state index contributed by atoms with van der Waals surface area (Å²) in [6.45, 7) is 1.61. The minimum Gasteiger partial charge on any atom is -0.390 e. The number of thiazole rings is 1. The average Bonchev–Trinajstić information content (AvgIpc) is 2.88. The molecule has 0 spiro atoms. The van der Waals surface area contributed by atoms with Crippen molar-refractivity contribution in [1.29, 1.82) is 0 Å². The third-order valence-corrected chi connectivity index (χ3v) is 3.45. The molecule has 0 amide bonds. The maximum Gasteiger partial charge on any atom is 0.195 e. The van der Waals surface area contributed by atoms with Gasteiger partial charge in [0.1, 0.15) is 0 Å². The van der Waals surface area contributed by atoms with Crippen molar-refractivity contribution in [3.63, 3.8) is 0 Å². The quantitative estimate of drug-likeness (QED) is 0.792. The van der Waals surface area contributed by atoms with Crippen molar-refractivity contribution in [1.82, 2.24) is 9.38 Å². The lowest BCUT2D eigenvalue weighted by atomic mass is 10.3. The molecule has 0 radical (unpaired) electrons. The molecule has 0 aliphatic carbocycles. The molecule has 94 valence electrons. The van der Waals surface area contributed by atoms with Crippen molar-refractivity contribution in [3.05, 3.63) is 17.3 Å².